The highest BCUT2D eigenvalue weighted by atomic mass is 16.1. The number of primary amides is 1. The highest BCUT2D eigenvalue weighted by Gasteiger charge is 2.29. The zero-order valence-corrected chi connectivity index (χ0v) is 17.9. The largest absolute Gasteiger partial charge is 0.369 e. The third-order valence-electron chi connectivity index (χ3n) is 6.04. The molecule has 4 aromatic rings. The Kier molecular flexibility index (Phi) is 5.48. The van der Waals surface area contributed by atoms with Crippen molar-refractivity contribution < 1.29 is 4.79 Å². The maximum absolute atomic E-state index is 11.4. The van der Waals surface area contributed by atoms with Crippen LogP contribution in [0, 0.1) is 23.2 Å². The summed E-state index contributed by atoms with van der Waals surface area (Å²) in [6.07, 6.45) is 10.7. The van der Waals surface area contributed by atoms with Crippen LogP contribution in [0.3, 0.4) is 0 Å². The molecule has 2 N–H and O–H groups in total. The summed E-state index contributed by atoms with van der Waals surface area (Å²) in [4.78, 5) is 25.1. The van der Waals surface area contributed by atoms with Gasteiger partial charge in [0.1, 0.15) is 5.82 Å². The number of hydrogen-bond donors (Lipinski definition) is 1. The van der Waals surface area contributed by atoms with E-state index < -0.39 is 0 Å². The molecule has 5 rings (SSSR count). The van der Waals surface area contributed by atoms with Gasteiger partial charge in [0.25, 0.3) is 0 Å². The summed E-state index contributed by atoms with van der Waals surface area (Å²) in [7, 11) is 0. The molecule has 11 nitrogen and oxygen atoms in total. The molecule has 33 heavy (non-hydrogen) atoms. The molecule has 166 valence electrons. The van der Waals surface area contributed by atoms with E-state index in [1.165, 1.54) is 0 Å². The number of nitriles is 1. The number of nitrogens with zero attached hydrogens (tertiary/aromatic N) is 9. The molecule has 0 aliphatic heterocycles. The van der Waals surface area contributed by atoms with Crippen molar-refractivity contribution in [3.05, 3.63) is 42.7 Å². The minimum Gasteiger partial charge on any atom is -0.369 e. The average Bonchev–Trinajstić information content (AvgIpc) is 3.57. The van der Waals surface area contributed by atoms with E-state index in [2.05, 4.69) is 36.4 Å². The molecule has 4 aromatic heterocycles. The van der Waals surface area contributed by atoms with Gasteiger partial charge >= 0.3 is 0 Å². The third-order valence-corrected chi connectivity index (χ3v) is 6.04. The van der Waals surface area contributed by atoms with Crippen LogP contribution >= 0.6 is 0 Å². The number of fused-ring (bicyclic) bond motifs is 1. The second-order valence-corrected chi connectivity index (χ2v) is 8.28. The summed E-state index contributed by atoms with van der Waals surface area (Å²) in [5.74, 6) is 1.36. The lowest BCUT2D eigenvalue weighted by molar-refractivity contribution is -0.121. The molecule has 0 saturated heterocycles. The first kappa shape index (κ1) is 20.7. The van der Waals surface area contributed by atoms with Crippen LogP contribution in [0.4, 0.5) is 0 Å². The van der Waals surface area contributed by atoms with Gasteiger partial charge in [0.15, 0.2) is 17.0 Å². The third kappa shape index (κ3) is 4.27. The molecule has 1 fully saturated rings. The second-order valence-electron chi connectivity index (χ2n) is 8.28. The number of carbonyl (C=O) groups is 1. The van der Waals surface area contributed by atoms with E-state index >= 15 is 0 Å². The summed E-state index contributed by atoms with van der Waals surface area (Å²) in [5.41, 5.74) is 8.46. The van der Waals surface area contributed by atoms with Crippen LogP contribution in [0.1, 0.15) is 31.5 Å². The molecule has 1 saturated carbocycles. The van der Waals surface area contributed by atoms with E-state index in [9.17, 15) is 4.79 Å². The maximum Gasteiger partial charge on any atom is 0.220 e. The van der Waals surface area contributed by atoms with Crippen molar-refractivity contribution in [1.82, 2.24) is 39.7 Å². The van der Waals surface area contributed by atoms with E-state index in [-0.39, 0.29) is 11.8 Å². The van der Waals surface area contributed by atoms with Gasteiger partial charge < -0.3 is 5.73 Å². The molecule has 2 atom stereocenters. The van der Waals surface area contributed by atoms with Crippen molar-refractivity contribution in [3.8, 4) is 23.0 Å². The standard InChI is InChI=1S/C22H22N10O/c23-6-1-7-31-13-17(11-27-31)16-4-5-20(26-10-16)32-22-18(29-30-32)12-25-19(28-22)9-14-2-3-15(8-14)21(24)33/h4-5,10-15H,1-3,7-9H2,(H2,24,33)/t14-,15-/m1/s1. The molecule has 0 radical (unpaired) electrons. The Bertz CT molecular complexity index is 1330. The van der Waals surface area contributed by atoms with E-state index in [0.717, 1.165) is 30.4 Å². The Hall–Kier alpha value is -4.20. The van der Waals surface area contributed by atoms with Gasteiger partial charge in [-0.3, -0.25) is 9.48 Å². The van der Waals surface area contributed by atoms with Crippen LogP contribution in [0.25, 0.3) is 28.1 Å². The Labute approximate surface area is 189 Å². The number of hydrogen-bond acceptors (Lipinski definition) is 8. The van der Waals surface area contributed by atoms with Gasteiger partial charge in [-0.25, -0.2) is 15.0 Å². The number of rotatable bonds is 7. The predicted molar refractivity (Wildman–Crippen MR) is 117 cm³/mol. The van der Waals surface area contributed by atoms with E-state index in [1.807, 2.05) is 18.3 Å². The topological polar surface area (TPSA) is 154 Å². The molecule has 1 amide bonds. The summed E-state index contributed by atoms with van der Waals surface area (Å²) < 4.78 is 3.34. The fourth-order valence-corrected chi connectivity index (χ4v) is 4.27. The van der Waals surface area contributed by atoms with Crippen molar-refractivity contribution in [2.24, 2.45) is 17.6 Å². The molecule has 0 aromatic carbocycles. The fourth-order valence-electron chi connectivity index (χ4n) is 4.27. The predicted octanol–water partition coefficient (Wildman–Crippen LogP) is 1.83. The van der Waals surface area contributed by atoms with Crippen LogP contribution in [-0.2, 0) is 17.8 Å². The van der Waals surface area contributed by atoms with Gasteiger partial charge in [-0.05, 0) is 37.3 Å². The van der Waals surface area contributed by atoms with Crippen LogP contribution in [0.2, 0.25) is 0 Å². The van der Waals surface area contributed by atoms with Gasteiger partial charge in [0.05, 0.1) is 31.4 Å². The van der Waals surface area contributed by atoms with Gasteiger partial charge in [-0.1, -0.05) is 5.21 Å². The number of nitrogens with two attached hydrogens (primary N) is 1. The van der Waals surface area contributed by atoms with E-state index in [4.69, 9.17) is 11.0 Å². The van der Waals surface area contributed by atoms with Crippen LogP contribution in [-0.4, -0.2) is 45.6 Å². The van der Waals surface area contributed by atoms with Crippen molar-refractivity contribution in [3.63, 3.8) is 0 Å². The molecule has 0 unspecified atom stereocenters. The van der Waals surface area contributed by atoms with Crippen molar-refractivity contribution in [2.75, 3.05) is 0 Å². The molecule has 11 heteroatoms. The Morgan fingerprint density at radius 2 is 2.09 bits per heavy atom. The SMILES string of the molecule is N#CCCn1cc(-c2ccc(-n3nnc4cnc(C[C@@H]5CC[C@@H](C(N)=O)C5)nc43)nc2)cn1. The van der Waals surface area contributed by atoms with Crippen LogP contribution in [0.15, 0.2) is 36.9 Å². The maximum atomic E-state index is 11.4. The first-order valence-corrected chi connectivity index (χ1v) is 10.8. The minimum atomic E-state index is -0.222. The Balaban J connectivity index is 1.35. The number of pyridine rings is 1. The minimum absolute atomic E-state index is 0.0490. The summed E-state index contributed by atoms with van der Waals surface area (Å²) in [6.45, 7) is 0.555. The molecule has 0 spiro atoms. The molecular formula is C22H22N10O. The number of aromatic nitrogens is 8. The van der Waals surface area contributed by atoms with Crippen molar-refractivity contribution >= 4 is 17.1 Å². The lowest BCUT2D eigenvalue weighted by atomic mass is 10.0. The van der Waals surface area contributed by atoms with Crippen molar-refractivity contribution in [1.29, 1.82) is 5.26 Å². The van der Waals surface area contributed by atoms with E-state index in [0.29, 0.717) is 48.1 Å². The zero-order chi connectivity index (χ0) is 22.8. The van der Waals surface area contributed by atoms with Gasteiger partial charge in [-0.2, -0.15) is 15.0 Å². The molecule has 1 aliphatic rings. The number of carbonyl (C=O) groups excluding carboxylic acids is 1. The Morgan fingerprint density at radius 3 is 2.85 bits per heavy atom. The molecule has 0 bridgehead atoms. The lowest BCUT2D eigenvalue weighted by Gasteiger charge is -2.08. The smallest absolute Gasteiger partial charge is 0.220 e. The summed E-state index contributed by atoms with van der Waals surface area (Å²) in [5, 5.41) is 21.4. The molecular weight excluding hydrogens is 420 g/mol. The first-order valence-electron chi connectivity index (χ1n) is 10.8. The average molecular weight is 442 g/mol. The summed E-state index contributed by atoms with van der Waals surface area (Å²) in [6, 6.07) is 5.91. The fraction of sp³-hybridized carbons (Fsp3) is 0.364. The lowest BCUT2D eigenvalue weighted by Crippen LogP contribution is -2.21. The monoisotopic (exact) mass is 442 g/mol. The van der Waals surface area contributed by atoms with Gasteiger partial charge in [0, 0.05) is 35.9 Å². The van der Waals surface area contributed by atoms with Gasteiger partial charge in [-0.15, -0.1) is 5.10 Å². The Morgan fingerprint density at radius 1 is 1.18 bits per heavy atom. The van der Waals surface area contributed by atoms with Crippen LogP contribution < -0.4 is 5.73 Å². The van der Waals surface area contributed by atoms with E-state index in [1.54, 1.807) is 28.0 Å². The summed E-state index contributed by atoms with van der Waals surface area (Å²) >= 11 is 0. The first-order chi connectivity index (χ1) is 16.1. The number of amides is 1. The molecule has 4 heterocycles. The quantitative estimate of drug-likeness (QED) is 0.454. The van der Waals surface area contributed by atoms with Gasteiger partial charge in [0.2, 0.25) is 5.91 Å². The van der Waals surface area contributed by atoms with Crippen molar-refractivity contribution in [2.45, 2.75) is 38.6 Å². The van der Waals surface area contributed by atoms with Crippen LogP contribution in [0.5, 0.6) is 0 Å². The highest BCUT2D eigenvalue weighted by Crippen LogP contribution is 2.32. The molecule has 1 aliphatic carbocycles. The zero-order valence-electron chi connectivity index (χ0n) is 17.9. The highest BCUT2D eigenvalue weighted by molar-refractivity contribution is 5.77. The number of aryl methyl sites for hydroxylation is 1. The normalized spacial score (nSPS) is 17.9. The second kappa shape index (κ2) is 8.74.